The Morgan fingerprint density at radius 3 is 2.05 bits per heavy atom. The second kappa shape index (κ2) is 6.60. The summed E-state index contributed by atoms with van der Waals surface area (Å²) in [5.41, 5.74) is -0.134. The Hall–Kier alpha value is -0.370. The second-order valence-corrected chi connectivity index (χ2v) is 5.94. The van der Waals surface area contributed by atoms with Gasteiger partial charge in [0, 0.05) is 51.4 Å². The fourth-order valence-corrected chi connectivity index (χ4v) is 3.00. The molecule has 0 spiro atoms. The number of nitrogens with zero attached hydrogens (tertiary/aromatic N) is 2. The van der Waals surface area contributed by atoms with Crippen molar-refractivity contribution in [2.45, 2.75) is 19.0 Å². The first-order valence-electron chi connectivity index (χ1n) is 7.13. The van der Waals surface area contributed by atoms with Gasteiger partial charge in [0.1, 0.15) is 0 Å². The van der Waals surface area contributed by atoms with Crippen molar-refractivity contribution in [3.63, 3.8) is 0 Å². The smallest absolute Gasteiger partial charge is 0.396 e. The fourth-order valence-electron chi connectivity index (χ4n) is 3.00. The van der Waals surface area contributed by atoms with Gasteiger partial charge < -0.3 is 14.7 Å². The SMILES string of the molecule is OCC1(CN2CCN(CC(F)(F)F)CC2)CCOCC1. The largest absolute Gasteiger partial charge is 0.401 e. The van der Waals surface area contributed by atoms with Gasteiger partial charge in [-0.1, -0.05) is 0 Å². The summed E-state index contributed by atoms with van der Waals surface area (Å²) in [6, 6.07) is 0. The normalized spacial score (nSPS) is 25.8. The molecular weight excluding hydrogens is 273 g/mol. The molecule has 0 atom stereocenters. The second-order valence-electron chi connectivity index (χ2n) is 5.94. The van der Waals surface area contributed by atoms with Crippen molar-refractivity contribution >= 4 is 0 Å². The van der Waals surface area contributed by atoms with Gasteiger partial charge in [-0.05, 0) is 12.8 Å². The maximum absolute atomic E-state index is 12.3. The minimum atomic E-state index is -4.12. The summed E-state index contributed by atoms with van der Waals surface area (Å²) in [6.07, 6.45) is -2.46. The number of aliphatic hydroxyl groups is 1. The number of alkyl halides is 3. The number of rotatable bonds is 4. The third kappa shape index (κ3) is 4.58. The number of hydrogen-bond acceptors (Lipinski definition) is 4. The molecule has 0 bridgehead atoms. The average molecular weight is 296 g/mol. The zero-order chi connectivity index (χ0) is 14.6. The molecule has 0 saturated carbocycles. The van der Waals surface area contributed by atoms with Crippen molar-refractivity contribution in [3.05, 3.63) is 0 Å². The Bertz CT molecular complexity index is 298. The Kier molecular flexibility index (Phi) is 5.28. The highest BCUT2D eigenvalue weighted by Crippen LogP contribution is 2.31. The van der Waals surface area contributed by atoms with Gasteiger partial charge in [0.15, 0.2) is 0 Å². The molecule has 4 nitrogen and oxygen atoms in total. The van der Waals surface area contributed by atoms with E-state index in [0.29, 0.717) is 39.4 Å². The zero-order valence-electron chi connectivity index (χ0n) is 11.7. The van der Waals surface area contributed by atoms with Crippen LogP contribution in [0.2, 0.25) is 0 Å². The first-order chi connectivity index (χ1) is 9.42. The first-order valence-corrected chi connectivity index (χ1v) is 7.13. The fraction of sp³-hybridized carbons (Fsp3) is 1.00. The molecule has 7 heteroatoms. The molecule has 0 amide bonds. The van der Waals surface area contributed by atoms with E-state index in [9.17, 15) is 18.3 Å². The molecule has 118 valence electrons. The van der Waals surface area contributed by atoms with E-state index < -0.39 is 12.7 Å². The van der Waals surface area contributed by atoms with E-state index in [1.54, 1.807) is 0 Å². The molecule has 1 N–H and O–H groups in total. The Balaban J connectivity index is 1.78. The number of hydrogen-bond donors (Lipinski definition) is 1. The summed E-state index contributed by atoms with van der Waals surface area (Å²) in [7, 11) is 0. The number of piperazine rings is 1. The van der Waals surface area contributed by atoms with E-state index in [1.165, 1.54) is 4.90 Å². The summed E-state index contributed by atoms with van der Waals surface area (Å²) in [5, 5.41) is 9.64. The highest BCUT2D eigenvalue weighted by molar-refractivity contribution is 4.86. The molecule has 2 fully saturated rings. The van der Waals surface area contributed by atoms with Crippen LogP contribution in [0.15, 0.2) is 0 Å². The molecule has 2 saturated heterocycles. The summed E-state index contributed by atoms with van der Waals surface area (Å²) in [5.74, 6) is 0. The third-order valence-electron chi connectivity index (χ3n) is 4.32. The lowest BCUT2D eigenvalue weighted by Crippen LogP contribution is -2.53. The quantitative estimate of drug-likeness (QED) is 0.838. The van der Waals surface area contributed by atoms with Crippen LogP contribution in [0.1, 0.15) is 12.8 Å². The van der Waals surface area contributed by atoms with Crippen LogP contribution < -0.4 is 0 Å². The van der Waals surface area contributed by atoms with Crippen LogP contribution in [0.5, 0.6) is 0 Å². The molecule has 0 aromatic carbocycles. The molecular formula is C13H23F3N2O2. The molecule has 2 rings (SSSR count). The highest BCUT2D eigenvalue weighted by atomic mass is 19.4. The molecule has 2 heterocycles. The number of ether oxygens (including phenoxy) is 1. The van der Waals surface area contributed by atoms with Gasteiger partial charge >= 0.3 is 6.18 Å². The lowest BCUT2D eigenvalue weighted by atomic mass is 9.80. The van der Waals surface area contributed by atoms with Crippen molar-refractivity contribution in [2.24, 2.45) is 5.41 Å². The molecule has 0 unspecified atom stereocenters. The maximum Gasteiger partial charge on any atom is 0.401 e. The molecule has 0 aromatic heterocycles. The Morgan fingerprint density at radius 2 is 1.55 bits per heavy atom. The van der Waals surface area contributed by atoms with Gasteiger partial charge in [-0.15, -0.1) is 0 Å². The molecule has 0 aromatic rings. The standard InChI is InChI=1S/C13H23F3N2O2/c14-13(15,16)10-18-5-3-17(4-6-18)9-12(11-19)1-7-20-8-2-12/h19H,1-11H2. The van der Waals surface area contributed by atoms with Crippen molar-refractivity contribution in [1.29, 1.82) is 0 Å². The van der Waals surface area contributed by atoms with Gasteiger partial charge in [0.2, 0.25) is 0 Å². The summed E-state index contributed by atoms with van der Waals surface area (Å²) in [4.78, 5) is 3.63. The predicted molar refractivity (Wildman–Crippen MR) is 68.5 cm³/mol. The van der Waals surface area contributed by atoms with Crippen molar-refractivity contribution < 1.29 is 23.0 Å². The molecule has 2 aliphatic heterocycles. The van der Waals surface area contributed by atoms with Crippen LogP contribution in [-0.4, -0.2) is 80.2 Å². The van der Waals surface area contributed by atoms with E-state index >= 15 is 0 Å². The topological polar surface area (TPSA) is 35.9 Å². The van der Waals surface area contributed by atoms with Gasteiger partial charge in [0.05, 0.1) is 13.2 Å². The van der Waals surface area contributed by atoms with Gasteiger partial charge in [-0.25, -0.2) is 0 Å². The van der Waals surface area contributed by atoms with E-state index in [1.807, 2.05) is 0 Å². The molecule has 2 aliphatic rings. The van der Waals surface area contributed by atoms with Gasteiger partial charge in [0.25, 0.3) is 0 Å². The first kappa shape index (κ1) is 16.0. The Labute approximate surface area is 117 Å². The molecule has 0 aliphatic carbocycles. The van der Waals surface area contributed by atoms with E-state index in [4.69, 9.17) is 4.74 Å². The average Bonchev–Trinajstić information content (AvgIpc) is 2.40. The maximum atomic E-state index is 12.3. The minimum absolute atomic E-state index is 0.124. The van der Waals surface area contributed by atoms with E-state index in [0.717, 1.165) is 19.4 Å². The van der Waals surface area contributed by atoms with Crippen molar-refractivity contribution in [3.8, 4) is 0 Å². The van der Waals surface area contributed by atoms with Gasteiger partial charge in [-0.3, -0.25) is 4.90 Å². The monoisotopic (exact) mass is 296 g/mol. The lowest BCUT2D eigenvalue weighted by molar-refractivity contribution is -0.150. The lowest BCUT2D eigenvalue weighted by Gasteiger charge is -2.42. The van der Waals surface area contributed by atoms with E-state index in [2.05, 4.69) is 4.90 Å². The van der Waals surface area contributed by atoms with Crippen molar-refractivity contribution in [2.75, 3.05) is 59.1 Å². The third-order valence-corrected chi connectivity index (χ3v) is 4.32. The zero-order valence-corrected chi connectivity index (χ0v) is 11.7. The predicted octanol–water partition coefficient (Wildman–Crippen LogP) is 0.955. The number of halogens is 3. The van der Waals surface area contributed by atoms with E-state index in [-0.39, 0.29) is 12.0 Å². The van der Waals surface area contributed by atoms with Crippen LogP contribution in [0.3, 0.4) is 0 Å². The van der Waals surface area contributed by atoms with Crippen molar-refractivity contribution in [1.82, 2.24) is 9.80 Å². The van der Waals surface area contributed by atoms with Gasteiger partial charge in [-0.2, -0.15) is 13.2 Å². The van der Waals surface area contributed by atoms with Crippen LogP contribution >= 0.6 is 0 Å². The van der Waals surface area contributed by atoms with Crippen LogP contribution in [0.4, 0.5) is 13.2 Å². The summed E-state index contributed by atoms with van der Waals surface area (Å²) in [6.45, 7) is 3.54. The summed E-state index contributed by atoms with van der Waals surface area (Å²) < 4.78 is 42.3. The minimum Gasteiger partial charge on any atom is -0.396 e. The molecule has 20 heavy (non-hydrogen) atoms. The summed E-state index contributed by atoms with van der Waals surface area (Å²) >= 11 is 0. The molecule has 0 radical (unpaired) electrons. The van der Waals surface area contributed by atoms with Crippen LogP contribution in [0, 0.1) is 5.41 Å². The number of aliphatic hydroxyl groups excluding tert-OH is 1. The Morgan fingerprint density at radius 1 is 1.00 bits per heavy atom. The van der Waals surface area contributed by atoms with Crippen LogP contribution in [-0.2, 0) is 4.74 Å². The highest BCUT2D eigenvalue weighted by Gasteiger charge is 2.36. The van der Waals surface area contributed by atoms with Crippen LogP contribution in [0.25, 0.3) is 0 Å².